The monoisotopic (exact) mass is 353 g/mol. The summed E-state index contributed by atoms with van der Waals surface area (Å²) in [6, 6.07) is 8.12. The molecule has 1 amide bonds. The molecular formula is C14H16BrN3OS. The molecule has 2 rings (SSSR count). The highest BCUT2D eigenvalue weighted by Gasteiger charge is 2.14. The fourth-order valence-corrected chi connectivity index (χ4v) is 2.66. The number of thiazole rings is 1. The Morgan fingerprint density at radius 2 is 2.10 bits per heavy atom. The third-order valence-corrected chi connectivity index (χ3v) is 4.34. The summed E-state index contributed by atoms with van der Waals surface area (Å²) in [6.45, 7) is 1.04. The minimum atomic E-state index is -0.0574. The number of nitrogens with two attached hydrogens (primary N) is 1. The topological polar surface area (TPSA) is 59.2 Å². The van der Waals surface area contributed by atoms with Crippen LogP contribution in [0.3, 0.4) is 0 Å². The van der Waals surface area contributed by atoms with E-state index in [1.54, 1.807) is 17.3 Å². The molecule has 0 unspecified atom stereocenters. The van der Waals surface area contributed by atoms with E-state index in [2.05, 4.69) is 33.0 Å². The SMILES string of the molecule is CN(CCc1ccc(Br)cc1)C(=O)c1csc(CN)n1. The second-order valence-corrected chi connectivity index (χ2v) is 6.29. The van der Waals surface area contributed by atoms with E-state index in [9.17, 15) is 4.79 Å². The number of benzene rings is 1. The lowest BCUT2D eigenvalue weighted by Crippen LogP contribution is -2.29. The molecule has 0 saturated carbocycles. The summed E-state index contributed by atoms with van der Waals surface area (Å²) in [5.41, 5.74) is 7.19. The molecule has 0 aliphatic rings. The molecule has 2 N–H and O–H groups in total. The number of aromatic nitrogens is 1. The molecule has 0 fully saturated rings. The third kappa shape index (κ3) is 3.88. The molecule has 2 aromatic rings. The van der Waals surface area contributed by atoms with E-state index in [0.29, 0.717) is 18.8 Å². The van der Waals surface area contributed by atoms with Gasteiger partial charge in [0.15, 0.2) is 0 Å². The van der Waals surface area contributed by atoms with Crippen molar-refractivity contribution in [2.75, 3.05) is 13.6 Å². The highest BCUT2D eigenvalue weighted by Crippen LogP contribution is 2.13. The minimum Gasteiger partial charge on any atom is -0.340 e. The standard InChI is InChI=1S/C14H16BrN3OS/c1-18(7-6-10-2-4-11(15)5-3-10)14(19)12-9-20-13(8-16)17-12/h2-5,9H,6-8,16H2,1H3. The lowest BCUT2D eigenvalue weighted by atomic mass is 10.1. The summed E-state index contributed by atoms with van der Waals surface area (Å²) in [4.78, 5) is 18.1. The van der Waals surface area contributed by atoms with Crippen LogP contribution in [0.5, 0.6) is 0 Å². The van der Waals surface area contributed by atoms with Crippen LogP contribution < -0.4 is 5.73 Å². The van der Waals surface area contributed by atoms with Crippen molar-refractivity contribution >= 4 is 33.2 Å². The average molecular weight is 354 g/mol. The Balaban J connectivity index is 1.92. The van der Waals surface area contributed by atoms with Gasteiger partial charge in [0.25, 0.3) is 5.91 Å². The van der Waals surface area contributed by atoms with Gasteiger partial charge in [-0.2, -0.15) is 0 Å². The maximum atomic E-state index is 12.2. The molecule has 1 aromatic carbocycles. The molecule has 6 heteroatoms. The van der Waals surface area contributed by atoms with Crippen molar-refractivity contribution in [1.82, 2.24) is 9.88 Å². The molecule has 20 heavy (non-hydrogen) atoms. The van der Waals surface area contributed by atoms with Crippen molar-refractivity contribution in [3.8, 4) is 0 Å². The normalized spacial score (nSPS) is 10.6. The van der Waals surface area contributed by atoms with E-state index in [0.717, 1.165) is 15.9 Å². The van der Waals surface area contributed by atoms with Crippen LogP contribution in [0.4, 0.5) is 0 Å². The molecule has 0 aliphatic carbocycles. The van der Waals surface area contributed by atoms with E-state index in [1.807, 2.05) is 12.1 Å². The number of hydrogen-bond donors (Lipinski definition) is 1. The van der Waals surface area contributed by atoms with Crippen LogP contribution in [0.15, 0.2) is 34.1 Å². The average Bonchev–Trinajstić information content (AvgIpc) is 2.94. The Labute approximate surface area is 130 Å². The number of hydrogen-bond acceptors (Lipinski definition) is 4. The van der Waals surface area contributed by atoms with Crippen LogP contribution in [0.2, 0.25) is 0 Å². The number of likely N-dealkylation sites (N-methyl/N-ethyl adjacent to an activating group) is 1. The van der Waals surface area contributed by atoms with Gasteiger partial charge in [0.05, 0.1) is 0 Å². The van der Waals surface area contributed by atoms with Gasteiger partial charge in [0.2, 0.25) is 0 Å². The van der Waals surface area contributed by atoms with Crippen LogP contribution in [-0.4, -0.2) is 29.4 Å². The summed E-state index contributed by atoms with van der Waals surface area (Å²) in [5.74, 6) is -0.0574. The van der Waals surface area contributed by atoms with Crippen molar-refractivity contribution < 1.29 is 4.79 Å². The number of halogens is 1. The molecule has 0 atom stereocenters. The molecule has 1 aromatic heterocycles. The summed E-state index contributed by atoms with van der Waals surface area (Å²) in [5, 5.41) is 2.55. The van der Waals surface area contributed by atoms with Crippen molar-refractivity contribution in [3.05, 3.63) is 50.4 Å². The van der Waals surface area contributed by atoms with Gasteiger partial charge in [0.1, 0.15) is 10.7 Å². The zero-order chi connectivity index (χ0) is 14.5. The minimum absolute atomic E-state index is 0.0574. The summed E-state index contributed by atoms with van der Waals surface area (Å²) in [7, 11) is 1.79. The molecule has 0 bridgehead atoms. The van der Waals surface area contributed by atoms with Gasteiger partial charge >= 0.3 is 0 Å². The first-order valence-electron chi connectivity index (χ1n) is 6.24. The lowest BCUT2D eigenvalue weighted by Gasteiger charge is -2.15. The molecule has 0 aliphatic heterocycles. The van der Waals surface area contributed by atoms with E-state index >= 15 is 0 Å². The Morgan fingerprint density at radius 1 is 1.40 bits per heavy atom. The Bertz CT molecular complexity index is 582. The summed E-state index contributed by atoms with van der Waals surface area (Å²) < 4.78 is 1.06. The van der Waals surface area contributed by atoms with Crippen molar-refractivity contribution in [2.45, 2.75) is 13.0 Å². The van der Waals surface area contributed by atoms with Crippen LogP contribution >= 0.6 is 27.3 Å². The number of carbonyl (C=O) groups excluding carboxylic acids is 1. The predicted molar refractivity (Wildman–Crippen MR) is 84.8 cm³/mol. The quantitative estimate of drug-likeness (QED) is 0.898. The molecule has 4 nitrogen and oxygen atoms in total. The Morgan fingerprint density at radius 3 is 2.70 bits per heavy atom. The second kappa shape index (κ2) is 6.97. The Hall–Kier alpha value is -1.24. The highest BCUT2D eigenvalue weighted by atomic mass is 79.9. The third-order valence-electron chi connectivity index (χ3n) is 2.94. The van der Waals surface area contributed by atoms with Crippen molar-refractivity contribution in [2.24, 2.45) is 5.73 Å². The van der Waals surface area contributed by atoms with E-state index in [1.165, 1.54) is 16.9 Å². The largest absolute Gasteiger partial charge is 0.340 e. The van der Waals surface area contributed by atoms with Gasteiger partial charge < -0.3 is 10.6 Å². The van der Waals surface area contributed by atoms with Crippen LogP contribution in [0, 0.1) is 0 Å². The molecule has 1 heterocycles. The zero-order valence-electron chi connectivity index (χ0n) is 11.2. The fourth-order valence-electron chi connectivity index (χ4n) is 1.75. The molecule has 0 radical (unpaired) electrons. The van der Waals surface area contributed by atoms with Crippen molar-refractivity contribution in [3.63, 3.8) is 0 Å². The van der Waals surface area contributed by atoms with Gasteiger partial charge in [-0.15, -0.1) is 11.3 Å². The number of nitrogens with zero attached hydrogens (tertiary/aromatic N) is 2. The van der Waals surface area contributed by atoms with Crippen LogP contribution in [-0.2, 0) is 13.0 Å². The highest BCUT2D eigenvalue weighted by molar-refractivity contribution is 9.10. The van der Waals surface area contributed by atoms with Crippen LogP contribution in [0.1, 0.15) is 21.1 Å². The van der Waals surface area contributed by atoms with Gasteiger partial charge in [-0.25, -0.2) is 4.98 Å². The summed E-state index contributed by atoms with van der Waals surface area (Å²) in [6.07, 6.45) is 0.823. The maximum Gasteiger partial charge on any atom is 0.273 e. The lowest BCUT2D eigenvalue weighted by molar-refractivity contribution is 0.0791. The van der Waals surface area contributed by atoms with Gasteiger partial charge in [-0.3, -0.25) is 4.79 Å². The number of carbonyl (C=O) groups is 1. The van der Waals surface area contributed by atoms with E-state index < -0.39 is 0 Å². The smallest absolute Gasteiger partial charge is 0.273 e. The molecule has 0 spiro atoms. The first-order chi connectivity index (χ1) is 9.60. The molecule has 0 saturated heterocycles. The fraction of sp³-hybridized carbons (Fsp3) is 0.286. The zero-order valence-corrected chi connectivity index (χ0v) is 13.6. The summed E-state index contributed by atoms with van der Waals surface area (Å²) >= 11 is 4.83. The first-order valence-corrected chi connectivity index (χ1v) is 7.92. The second-order valence-electron chi connectivity index (χ2n) is 4.43. The van der Waals surface area contributed by atoms with Crippen molar-refractivity contribution in [1.29, 1.82) is 0 Å². The van der Waals surface area contributed by atoms with Crippen LogP contribution in [0.25, 0.3) is 0 Å². The first kappa shape index (κ1) is 15.2. The van der Waals surface area contributed by atoms with E-state index in [4.69, 9.17) is 5.73 Å². The maximum absolute atomic E-state index is 12.2. The molecular weight excluding hydrogens is 338 g/mol. The van der Waals surface area contributed by atoms with Gasteiger partial charge in [-0.05, 0) is 24.1 Å². The number of rotatable bonds is 5. The number of amides is 1. The van der Waals surface area contributed by atoms with Gasteiger partial charge in [-0.1, -0.05) is 28.1 Å². The molecule has 106 valence electrons. The van der Waals surface area contributed by atoms with E-state index in [-0.39, 0.29) is 5.91 Å². The van der Waals surface area contributed by atoms with Gasteiger partial charge in [0, 0.05) is 30.0 Å². The predicted octanol–water partition coefficient (Wildman–Crippen LogP) is 2.68. The Kier molecular flexibility index (Phi) is 5.28.